The van der Waals surface area contributed by atoms with Gasteiger partial charge in [-0.3, -0.25) is 0 Å². The van der Waals surface area contributed by atoms with Gasteiger partial charge in [-0.05, 0) is 26.7 Å². The fourth-order valence-corrected chi connectivity index (χ4v) is 2.59. The van der Waals surface area contributed by atoms with Crippen molar-refractivity contribution >= 4 is 23.4 Å². The van der Waals surface area contributed by atoms with E-state index in [4.69, 9.17) is 16.3 Å². The summed E-state index contributed by atoms with van der Waals surface area (Å²) in [6, 6.07) is 0. The number of methoxy groups -OCH3 is 1. The molecule has 106 valence electrons. The van der Waals surface area contributed by atoms with Crippen molar-refractivity contribution in [2.45, 2.75) is 32.3 Å². The second-order valence-corrected chi connectivity index (χ2v) is 5.48. The van der Waals surface area contributed by atoms with E-state index in [2.05, 4.69) is 27.1 Å². The quantitative estimate of drug-likeness (QED) is 0.921. The van der Waals surface area contributed by atoms with Gasteiger partial charge in [0.15, 0.2) is 5.82 Å². The van der Waals surface area contributed by atoms with Crippen LogP contribution in [-0.4, -0.2) is 42.3 Å². The van der Waals surface area contributed by atoms with Crippen molar-refractivity contribution in [3.63, 3.8) is 0 Å². The molecule has 1 aromatic heterocycles. The molecule has 0 saturated carbocycles. The number of hydrogen-bond donors (Lipinski definition) is 1. The Hall–Kier alpha value is -1.07. The molecule has 0 aromatic carbocycles. The molecule has 1 fully saturated rings. The lowest BCUT2D eigenvalue weighted by molar-refractivity contribution is -0.00480. The number of anilines is 2. The molecular formula is C13H21ClN4O. The van der Waals surface area contributed by atoms with Gasteiger partial charge in [0.05, 0.1) is 11.8 Å². The first-order chi connectivity index (χ1) is 9.08. The fourth-order valence-electron chi connectivity index (χ4n) is 2.38. The molecule has 0 aliphatic carbocycles. The minimum atomic E-state index is -0.134. The molecule has 0 spiro atoms. The summed E-state index contributed by atoms with van der Waals surface area (Å²) in [5.74, 6) is 1.40. The summed E-state index contributed by atoms with van der Waals surface area (Å²) in [6.45, 7) is 6.67. The van der Waals surface area contributed by atoms with Crippen LogP contribution in [0.3, 0.4) is 0 Å². The normalized spacial score (nSPS) is 23.5. The van der Waals surface area contributed by atoms with Gasteiger partial charge in [-0.1, -0.05) is 11.6 Å². The third kappa shape index (κ3) is 3.28. The van der Waals surface area contributed by atoms with E-state index in [0.717, 1.165) is 38.3 Å². The summed E-state index contributed by atoms with van der Waals surface area (Å²) in [5.41, 5.74) is -0.134. The SMILES string of the molecule is CCNc1ncc(Cl)c(N2CCCC(C)(OC)C2)n1. The fraction of sp³-hybridized carbons (Fsp3) is 0.692. The van der Waals surface area contributed by atoms with E-state index in [-0.39, 0.29) is 5.60 Å². The van der Waals surface area contributed by atoms with Crippen molar-refractivity contribution in [3.05, 3.63) is 11.2 Å². The molecule has 19 heavy (non-hydrogen) atoms. The lowest BCUT2D eigenvalue weighted by atomic mass is 9.95. The molecule has 0 radical (unpaired) electrons. The van der Waals surface area contributed by atoms with Crippen LogP contribution in [0.4, 0.5) is 11.8 Å². The van der Waals surface area contributed by atoms with Crippen LogP contribution in [0.2, 0.25) is 5.02 Å². The first-order valence-electron chi connectivity index (χ1n) is 6.64. The van der Waals surface area contributed by atoms with E-state index >= 15 is 0 Å². The summed E-state index contributed by atoms with van der Waals surface area (Å²) in [5, 5.41) is 3.70. The number of nitrogens with one attached hydrogen (secondary N) is 1. The van der Waals surface area contributed by atoms with Gasteiger partial charge in [0, 0.05) is 26.7 Å². The largest absolute Gasteiger partial charge is 0.377 e. The van der Waals surface area contributed by atoms with Crippen molar-refractivity contribution < 1.29 is 4.74 Å². The molecule has 5 nitrogen and oxygen atoms in total. The van der Waals surface area contributed by atoms with Crippen LogP contribution < -0.4 is 10.2 Å². The van der Waals surface area contributed by atoms with Crippen LogP contribution in [0.5, 0.6) is 0 Å². The predicted molar refractivity (Wildman–Crippen MR) is 78.1 cm³/mol. The van der Waals surface area contributed by atoms with Gasteiger partial charge in [-0.25, -0.2) is 4.98 Å². The van der Waals surface area contributed by atoms with Gasteiger partial charge in [-0.2, -0.15) is 4.98 Å². The maximum Gasteiger partial charge on any atom is 0.224 e. The standard InChI is InChI=1S/C13H21ClN4O/c1-4-15-12-16-8-10(14)11(17-12)18-7-5-6-13(2,9-18)19-3/h8H,4-7,9H2,1-3H3,(H,15,16,17). The molecule has 6 heteroatoms. The molecule has 1 saturated heterocycles. The lowest BCUT2D eigenvalue weighted by Gasteiger charge is -2.40. The Labute approximate surface area is 119 Å². The Balaban J connectivity index is 2.22. The monoisotopic (exact) mass is 284 g/mol. The number of nitrogens with zero attached hydrogens (tertiary/aromatic N) is 3. The zero-order chi connectivity index (χ0) is 13.9. The minimum absolute atomic E-state index is 0.134. The highest BCUT2D eigenvalue weighted by molar-refractivity contribution is 6.32. The zero-order valence-electron chi connectivity index (χ0n) is 11.7. The maximum absolute atomic E-state index is 6.23. The van der Waals surface area contributed by atoms with E-state index in [1.807, 2.05) is 6.92 Å². The smallest absolute Gasteiger partial charge is 0.224 e. The van der Waals surface area contributed by atoms with Crippen molar-refractivity contribution in [1.29, 1.82) is 0 Å². The van der Waals surface area contributed by atoms with E-state index in [9.17, 15) is 0 Å². The summed E-state index contributed by atoms with van der Waals surface area (Å²) in [4.78, 5) is 10.8. The highest BCUT2D eigenvalue weighted by atomic mass is 35.5. The Morgan fingerprint density at radius 3 is 3.05 bits per heavy atom. The van der Waals surface area contributed by atoms with Gasteiger partial charge in [0.1, 0.15) is 5.02 Å². The lowest BCUT2D eigenvalue weighted by Crippen LogP contribution is -2.47. The second-order valence-electron chi connectivity index (χ2n) is 5.07. The molecular weight excluding hydrogens is 264 g/mol. The van der Waals surface area contributed by atoms with Crippen LogP contribution in [0.1, 0.15) is 26.7 Å². The summed E-state index contributed by atoms with van der Waals surface area (Å²) >= 11 is 6.23. The molecule has 2 heterocycles. The number of rotatable bonds is 4. The van der Waals surface area contributed by atoms with Crippen LogP contribution in [0.15, 0.2) is 6.20 Å². The Morgan fingerprint density at radius 2 is 2.37 bits per heavy atom. The van der Waals surface area contributed by atoms with Gasteiger partial charge in [-0.15, -0.1) is 0 Å². The Kier molecular flexibility index (Phi) is 4.47. The first-order valence-corrected chi connectivity index (χ1v) is 7.02. The minimum Gasteiger partial charge on any atom is -0.377 e. The van der Waals surface area contributed by atoms with E-state index in [1.165, 1.54) is 0 Å². The van der Waals surface area contributed by atoms with Gasteiger partial charge in [0.25, 0.3) is 0 Å². The highest BCUT2D eigenvalue weighted by Gasteiger charge is 2.32. The number of halogens is 1. The molecule has 0 amide bonds. The molecule has 1 N–H and O–H groups in total. The van der Waals surface area contributed by atoms with Crippen molar-refractivity contribution in [2.24, 2.45) is 0 Å². The van der Waals surface area contributed by atoms with Crippen molar-refractivity contribution in [1.82, 2.24) is 9.97 Å². The highest BCUT2D eigenvalue weighted by Crippen LogP contribution is 2.31. The summed E-state index contributed by atoms with van der Waals surface area (Å²) in [6.07, 6.45) is 3.78. The van der Waals surface area contributed by atoms with Crippen LogP contribution in [0, 0.1) is 0 Å². The van der Waals surface area contributed by atoms with E-state index in [0.29, 0.717) is 11.0 Å². The number of aromatic nitrogens is 2. The van der Waals surface area contributed by atoms with Gasteiger partial charge < -0.3 is 15.0 Å². The zero-order valence-corrected chi connectivity index (χ0v) is 12.5. The van der Waals surface area contributed by atoms with Crippen LogP contribution in [0.25, 0.3) is 0 Å². The number of piperidine rings is 1. The van der Waals surface area contributed by atoms with Crippen molar-refractivity contribution in [3.8, 4) is 0 Å². The van der Waals surface area contributed by atoms with Crippen LogP contribution >= 0.6 is 11.6 Å². The third-order valence-electron chi connectivity index (χ3n) is 3.51. The van der Waals surface area contributed by atoms with Crippen LogP contribution in [-0.2, 0) is 4.74 Å². The summed E-state index contributed by atoms with van der Waals surface area (Å²) < 4.78 is 5.60. The Morgan fingerprint density at radius 1 is 1.58 bits per heavy atom. The third-order valence-corrected chi connectivity index (χ3v) is 3.78. The molecule has 1 unspecified atom stereocenters. The topological polar surface area (TPSA) is 50.3 Å². The molecule has 1 aliphatic rings. The average Bonchev–Trinajstić information content (AvgIpc) is 2.41. The summed E-state index contributed by atoms with van der Waals surface area (Å²) in [7, 11) is 1.76. The number of ether oxygens (including phenoxy) is 1. The van der Waals surface area contributed by atoms with Crippen molar-refractivity contribution in [2.75, 3.05) is 37.0 Å². The average molecular weight is 285 g/mol. The van der Waals surface area contributed by atoms with Gasteiger partial charge in [0.2, 0.25) is 5.95 Å². The van der Waals surface area contributed by atoms with E-state index in [1.54, 1.807) is 13.3 Å². The predicted octanol–water partition coefficient (Wildman–Crippen LogP) is 2.57. The maximum atomic E-state index is 6.23. The molecule has 1 atom stereocenters. The second kappa shape index (κ2) is 5.92. The molecule has 1 aliphatic heterocycles. The van der Waals surface area contributed by atoms with E-state index < -0.39 is 0 Å². The molecule has 2 rings (SSSR count). The van der Waals surface area contributed by atoms with Gasteiger partial charge >= 0.3 is 0 Å². The Bertz CT molecular complexity index is 443. The molecule has 1 aromatic rings. The molecule has 0 bridgehead atoms. The first kappa shape index (κ1) is 14.3. The number of hydrogen-bond acceptors (Lipinski definition) is 5.